The first-order valence-corrected chi connectivity index (χ1v) is 11.3. The summed E-state index contributed by atoms with van der Waals surface area (Å²) >= 11 is 0. The Bertz CT molecular complexity index is 966. The molecular weight excluding hydrogens is 406 g/mol. The van der Waals surface area contributed by atoms with Gasteiger partial charge < -0.3 is 10.0 Å². The van der Waals surface area contributed by atoms with Crippen molar-refractivity contribution in [3.63, 3.8) is 0 Å². The van der Waals surface area contributed by atoms with E-state index >= 15 is 0 Å². The van der Waals surface area contributed by atoms with E-state index in [1.165, 1.54) is 4.90 Å². The van der Waals surface area contributed by atoms with Crippen LogP contribution in [0.5, 0.6) is 0 Å². The van der Waals surface area contributed by atoms with E-state index in [1.807, 2.05) is 48.5 Å². The summed E-state index contributed by atoms with van der Waals surface area (Å²) in [6, 6.07) is 14.5. The van der Waals surface area contributed by atoms with Crippen molar-refractivity contribution in [2.45, 2.75) is 50.0 Å². The largest absolute Gasteiger partial charge is 0.394 e. The van der Waals surface area contributed by atoms with Gasteiger partial charge in [0, 0.05) is 44.2 Å². The average molecular weight is 436 g/mol. The Labute approximate surface area is 188 Å². The Morgan fingerprint density at radius 2 is 1.88 bits per heavy atom. The van der Waals surface area contributed by atoms with Crippen LogP contribution in [-0.2, 0) is 26.2 Å². The van der Waals surface area contributed by atoms with Gasteiger partial charge in [-0.2, -0.15) is 0 Å². The zero-order chi connectivity index (χ0) is 22.6. The van der Waals surface area contributed by atoms with Gasteiger partial charge in [-0.05, 0) is 37.0 Å². The van der Waals surface area contributed by atoms with Gasteiger partial charge in [0.2, 0.25) is 17.7 Å². The molecule has 4 rings (SSSR count). The molecule has 1 N–H and O–H groups in total. The van der Waals surface area contributed by atoms with Gasteiger partial charge >= 0.3 is 0 Å². The van der Waals surface area contributed by atoms with E-state index in [-0.39, 0.29) is 49.8 Å². The van der Waals surface area contributed by atoms with Gasteiger partial charge in [-0.3, -0.25) is 24.3 Å². The first kappa shape index (κ1) is 22.1. The molecule has 2 aliphatic rings. The molecule has 32 heavy (non-hydrogen) atoms. The van der Waals surface area contributed by atoms with Gasteiger partial charge in [-0.1, -0.05) is 36.4 Å². The number of piperidine rings is 1. The molecule has 2 aromatic rings. The van der Waals surface area contributed by atoms with E-state index < -0.39 is 5.41 Å². The summed E-state index contributed by atoms with van der Waals surface area (Å²) in [7, 11) is 0. The number of carbonyl (C=O) groups excluding carboxylic acids is 3. The second kappa shape index (κ2) is 9.61. The zero-order valence-corrected chi connectivity index (χ0v) is 18.2. The number of amides is 3. The van der Waals surface area contributed by atoms with Crippen molar-refractivity contribution in [2.24, 2.45) is 0 Å². The van der Waals surface area contributed by atoms with E-state index in [1.54, 1.807) is 11.1 Å². The molecular formula is C25H29N3O4. The van der Waals surface area contributed by atoms with Crippen molar-refractivity contribution >= 4 is 17.7 Å². The lowest BCUT2D eigenvalue weighted by Crippen LogP contribution is -2.49. The molecule has 0 spiro atoms. The summed E-state index contributed by atoms with van der Waals surface area (Å²) in [6.45, 7) is 0.716. The first-order chi connectivity index (χ1) is 15.5. The quantitative estimate of drug-likeness (QED) is 0.673. The Hall–Kier alpha value is -3.06. The fraction of sp³-hybridized carbons (Fsp3) is 0.440. The summed E-state index contributed by atoms with van der Waals surface area (Å²) < 4.78 is 0. The third-order valence-corrected chi connectivity index (χ3v) is 6.66. The lowest BCUT2D eigenvalue weighted by atomic mass is 9.75. The van der Waals surface area contributed by atoms with Gasteiger partial charge in [0.15, 0.2) is 0 Å². The highest BCUT2D eigenvalue weighted by molar-refractivity contribution is 6.10. The van der Waals surface area contributed by atoms with Crippen LogP contribution in [0.2, 0.25) is 0 Å². The van der Waals surface area contributed by atoms with E-state index in [2.05, 4.69) is 4.98 Å². The number of pyridine rings is 1. The average Bonchev–Trinajstić information content (AvgIpc) is 3.08. The number of aliphatic hydroxyl groups excluding tert-OH is 1. The van der Waals surface area contributed by atoms with E-state index in [0.29, 0.717) is 18.5 Å². The minimum Gasteiger partial charge on any atom is -0.394 e. The van der Waals surface area contributed by atoms with Crippen LogP contribution < -0.4 is 0 Å². The van der Waals surface area contributed by atoms with Crippen LogP contribution in [0, 0.1) is 0 Å². The van der Waals surface area contributed by atoms with Crippen molar-refractivity contribution < 1.29 is 19.5 Å². The zero-order valence-electron chi connectivity index (χ0n) is 18.2. The Kier molecular flexibility index (Phi) is 6.65. The second-order valence-electron chi connectivity index (χ2n) is 8.64. The molecule has 7 nitrogen and oxygen atoms in total. The lowest BCUT2D eigenvalue weighted by molar-refractivity contribution is -0.144. The number of hydrogen-bond acceptors (Lipinski definition) is 5. The van der Waals surface area contributed by atoms with Crippen molar-refractivity contribution in [2.75, 3.05) is 19.7 Å². The molecule has 168 valence electrons. The fourth-order valence-corrected chi connectivity index (χ4v) is 4.90. The summed E-state index contributed by atoms with van der Waals surface area (Å²) in [4.78, 5) is 47.3. The number of likely N-dealkylation sites (tertiary alicyclic amines) is 2. The molecule has 1 aromatic carbocycles. The molecule has 3 heterocycles. The molecule has 3 amide bonds. The van der Waals surface area contributed by atoms with Crippen LogP contribution in [0.25, 0.3) is 0 Å². The van der Waals surface area contributed by atoms with Crippen LogP contribution in [0.15, 0.2) is 54.7 Å². The minimum atomic E-state index is -1.21. The summed E-state index contributed by atoms with van der Waals surface area (Å²) in [5.74, 6) is -0.768. The molecule has 0 bridgehead atoms. The predicted molar refractivity (Wildman–Crippen MR) is 118 cm³/mol. The topological polar surface area (TPSA) is 90.8 Å². The first-order valence-electron chi connectivity index (χ1n) is 11.3. The van der Waals surface area contributed by atoms with E-state index in [9.17, 15) is 19.5 Å². The number of carbonyl (C=O) groups is 3. The van der Waals surface area contributed by atoms with E-state index in [4.69, 9.17) is 0 Å². The minimum absolute atomic E-state index is 0.0264. The summed E-state index contributed by atoms with van der Waals surface area (Å²) in [5.41, 5.74) is 0.280. The SMILES string of the molecule is O=C1C[C@](CC(=O)N2CCCC[C@H]2CO)(c2ccccc2)C(=O)N1CCc1ccccn1. The summed E-state index contributed by atoms with van der Waals surface area (Å²) in [6.07, 6.45) is 4.66. The third-order valence-electron chi connectivity index (χ3n) is 6.66. The van der Waals surface area contributed by atoms with Crippen molar-refractivity contribution in [3.8, 4) is 0 Å². The lowest BCUT2D eigenvalue weighted by Gasteiger charge is -2.37. The highest BCUT2D eigenvalue weighted by Crippen LogP contribution is 2.40. The third kappa shape index (κ3) is 4.30. The van der Waals surface area contributed by atoms with Crippen LogP contribution >= 0.6 is 0 Å². The monoisotopic (exact) mass is 435 g/mol. The van der Waals surface area contributed by atoms with Gasteiger partial charge in [0.05, 0.1) is 18.1 Å². The highest BCUT2D eigenvalue weighted by Gasteiger charge is 2.54. The highest BCUT2D eigenvalue weighted by atomic mass is 16.3. The van der Waals surface area contributed by atoms with Crippen LogP contribution in [0.4, 0.5) is 0 Å². The number of imide groups is 1. The van der Waals surface area contributed by atoms with Gasteiger partial charge in [-0.15, -0.1) is 0 Å². The van der Waals surface area contributed by atoms with Crippen molar-refractivity contribution in [1.82, 2.24) is 14.8 Å². The maximum Gasteiger partial charge on any atom is 0.240 e. The molecule has 2 saturated heterocycles. The van der Waals surface area contributed by atoms with Gasteiger partial charge in [-0.25, -0.2) is 0 Å². The Balaban J connectivity index is 1.60. The van der Waals surface area contributed by atoms with Crippen LogP contribution in [-0.4, -0.2) is 63.4 Å². The molecule has 7 heteroatoms. The normalized spacial score (nSPS) is 23.6. The predicted octanol–water partition coefficient (Wildman–Crippen LogP) is 2.08. The maximum atomic E-state index is 13.7. The fourth-order valence-electron chi connectivity index (χ4n) is 4.90. The van der Waals surface area contributed by atoms with Crippen LogP contribution in [0.1, 0.15) is 43.4 Å². The second-order valence-corrected chi connectivity index (χ2v) is 8.64. The molecule has 0 unspecified atom stereocenters. The number of rotatable bonds is 7. The molecule has 0 radical (unpaired) electrons. The molecule has 1 aromatic heterocycles. The van der Waals surface area contributed by atoms with Crippen molar-refractivity contribution in [1.29, 1.82) is 0 Å². The smallest absolute Gasteiger partial charge is 0.240 e. The van der Waals surface area contributed by atoms with Gasteiger partial charge in [0.1, 0.15) is 0 Å². The maximum absolute atomic E-state index is 13.7. The van der Waals surface area contributed by atoms with E-state index in [0.717, 1.165) is 25.0 Å². The summed E-state index contributed by atoms with van der Waals surface area (Å²) in [5, 5.41) is 9.74. The van der Waals surface area contributed by atoms with Crippen molar-refractivity contribution in [3.05, 3.63) is 66.0 Å². The molecule has 0 aliphatic carbocycles. The molecule has 2 atom stereocenters. The number of aliphatic hydroxyl groups is 1. The van der Waals surface area contributed by atoms with Gasteiger partial charge in [0.25, 0.3) is 0 Å². The number of nitrogens with zero attached hydrogens (tertiary/aromatic N) is 3. The van der Waals surface area contributed by atoms with Crippen LogP contribution in [0.3, 0.4) is 0 Å². The standard InChI is InChI=1S/C25H29N3O4/c29-18-21-11-5-7-14-27(21)22(30)16-25(19-8-2-1-3-9-19)17-23(31)28(24(25)32)15-12-20-10-4-6-13-26-20/h1-4,6,8-10,13,21,29H,5,7,11-12,14-18H2/t21-,25+/m0/s1. The molecule has 2 aliphatic heterocycles. The Morgan fingerprint density at radius 1 is 1.09 bits per heavy atom. The Morgan fingerprint density at radius 3 is 2.59 bits per heavy atom. The number of aromatic nitrogens is 1. The number of benzene rings is 1. The molecule has 0 saturated carbocycles. The molecule has 2 fully saturated rings. The number of hydrogen-bond donors (Lipinski definition) is 1.